The molecule has 5 aliphatic rings. The number of aliphatic hydroxyl groups excluding tert-OH is 2. The number of allylic oxidation sites excluding steroid dienone is 3. The average molecular weight is 471 g/mol. The maximum atomic E-state index is 12.8. The van der Waals surface area contributed by atoms with Crippen molar-refractivity contribution in [2.75, 3.05) is 6.61 Å². The second-order valence-corrected chi connectivity index (χ2v) is 13.9. The summed E-state index contributed by atoms with van der Waals surface area (Å²) in [4.78, 5) is 12.8. The van der Waals surface area contributed by atoms with E-state index in [0.29, 0.717) is 17.8 Å². The number of carbonyl (C=O) groups is 1. The molecule has 0 radical (unpaired) electrons. The van der Waals surface area contributed by atoms with E-state index >= 15 is 0 Å². The van der Waals surface area contributed by atoms with Crippen LogP contribution >= 0.6 is 0 Å². The van der Waals surface area contributed by atoms with Gasteiger partial charge in [0.1, 0.15) is 0 Å². The van der Waals surface area contributed by atoms with Gasteiger partial charge in [-0.2, -0.15) is 0 Å². The summed E-state index contributed by atoms with van der Waals surface area (Å²) in [6.07, 6.45) is 10.3. The Hall–Kier alpha value is -1.13. The van der Waals surface area contributed by atoms with Crippen LogP contribution in [0.2, 0.25) is 0 Å². The molecule has 5 rings (SSSR count). The molecule has 0 aromatic heterocycles. The normalized spacial score (nSPS) is 52.6. The smallest absolute Gasteiger partial charge is 0.314 e. The molecule has 4 heteroatoms. The van der Waals surface area contributed by atoms with Crippen molar-refractivity contribution in [3.63, 3.8) is 0 Å². The topological polar surface area (TPSA) is 77.8 Å². The standard InChI is InChI=1S/C30H46O4/c1-18-9-14-30(25(33)34)16-15-28(5)20(24(30)19(18)2)7-8-22-26(3)12-11-23(32)27(4,17-31)21(26)10-13-29(22,28)6/h7,18,21-23,31-32H,8-17H2,1-6H3,(H,33,34)/t18-,21+,22+,23-,26-,27-,28+,29+,30-/m0/s1. The highest BCUT2D eigenvalue weighted by Crippen LogP contribution is 2.75. The zero-order chi connectivity index (χ0) is 24.9. The molecule has 0 bridgehead atoms. The molecule has 0 amide bonds. The first-order valence-corrected chi connectivity index (χ1v) is 13.8. The van der Waals surface area contributed by atoms with Crippen LogP contribution in [0.15, 0.2) is 22.8 Å². The van der Waals surface area contributed by atoms with Crippen LogP contribution in [0.1, 0.15) is 99.3 Å². The highest BCUT2D eigenvalue weighted by molar-refractivity contribution is 5.82. The van der Waals surface area contributed by atoms with E-state index in [-0.39, 0.29) is 22.9 Å². The molecule has 0 aliphatic heterocycles. The van der Waals surface area contributed by atoms with Gasteiger partial charge in [-0.05, 0) is 110 Å². The van der Waals surface area contributed by atoms with Crippen molar-refractivity contribution in [1.29, 1.82) is 0 Å². The van der Waals surface area contributed by atoms with Crippen LogP contribution in [0.4, 0.5) is 0 Å². The van der Waals surface area contributed by atoms with Crippen molar-refractivity contribution >= 4 is 5.97 Å². The molecule has 0 aromatic carbocycles. The molecule has 3 N–H and O–H groups in total. The van der Waals surface area contributed by atoms with E-state index in [1.54, 1.807) is 0 Å². The summed E-state index contributed by atoms with van der Waals surface area (Å²) < 4.78 is 0. The highest BCUT2D eigenvalue weighted by atomic mass is 16.4. The van der Waals surface area contributed by atoms with Crippen molar-refractivity contribution in [3.05, 3.63) is 22.8 Å². The van der Waals surface area contributed by atoms with Gasteiger partial charge in [0, 0.05) is 5.41 Å². The molecule has 0 aromatic rings. The maximum absolute atomic E-state index is 12.8. The third kappa shape index (κ3) is 2.71. The van der Waals surface area contributed by atoms with Gasteiger partial charge >= 0.3 is 5.97 Å². The Kier molecular flexibility index (Phi) is 5.38. The lowest BCUT2D eigenvalue weighted by Crippen LogP contribution is -2.65. The summed E-state index contributed by atoms with van der Waals surface area (Å²) in [5, 5.41) is 31.8. The summed E-state index contributed by atoms with van der Waals surface area (Å²) in [5.74, 6) is 0.599. The monoisotopic (exact) mass is 470 g/mol. The Morgan fingerprint density at radius 3 is 2.35 bits per heavy atom. The predicted molar refractivity (Wildman–Crippen MR) is 134 cm³/mol. The lowest BCUT2D eigenvalue weighted by molar-refractivity contribution is -0.211. The van der Waals surface area contributed by atoms with Crippen LogP contribution in [0, 0.1) is 44.8 Å². The average Bonchev–Trinajstić information content (AvgIpc) is 2.79. The third-order valence-electron chi connectivity index (χ3n) is 12.9. The fraction of sp³-hybridized carbons (Fsp3) is 0.833. The predicted octanol–water partition coefficient (Wildman–Crippen LogP) is 6.13. The van der Waals surface area contributed by atoms with Gasteiger partial charge in [0.2, 0.25) is 0 Å². The molecular weight excluding hydrogens is 424 g/mol. The number of aliphatic carboxylic acids is 1. The maximum Gasteiger partial charge on any atom is 0.314 e. The molecule has 0 unspecified atom stereocenters. The quantitative estimate of drug-likeness (QED) is 0.454. The van der Waals surface area contributed by atoms with Gasteiger partial charge < -0.3 is 15.3 Å². The van der Waals surface area contributed by atoms with Gasteiger partial charge in [0.15, 0.2) is 0 Å². The SMILES string of the molecule is CC1=C2C3=CC[C@@H]4[C@@]5(C)CC[C@H](O)[C@@](C)(CO)[C@@H]5CC[C@@]4(C)[C@]3(C)CC[C@@]2(C(=O)O)CC[C@@H]1C. The van der Waals surface area contributed by atoms with Crippen LogP contribution in [-0.2, 0) is 4.79 Å². The second-order valence-electron chi connectivity index (χ2n) is 13.9. The van der Waals surface area contributed by atoms with E-state index in [1.807, 2.05) is 0 Å². The molecule has 0 saturated heterocycles. The number of carboxylic acid groups (broad SMARTS) is 1. The number of rotatable bonds is 2. The minimum Gasteiger partial charge on any atom is -0.481 e. The Bertz CT molecular complexity index is 965. The fourth-order valence-corrected chi connectivity index (χ4v) is 10.3. The summed E-state index contributed by atoms with van der Waals surface area (Å²) in [6.45, 7) is 14.0. The van der Waals surface area contributed by atoms with Crippen molar-refractivity contribution in [2.45, 2.75) is 105 Å². The summed E-state index contributed by atoms with van der Waals surface area (Å²) in [7, 11) is 0. The van der Waals surface area contributed by atoms with E-state index in [0.717, 1.165) is 57.8 Å². The zero-order valence-electron chi connectivity index (χ0n) is 22.2. The zero-order valence-corrected chi connectivity index (χ0v) is 22.2. The molecule has 9 atom stereocenters. The van der Waals surface area contributed by atoms with Gasteiger partial charge in [0.25, 0.3) is 0 Å². The van der Waals surface area contributed by atoms with Crippen molar-refractivity contribution < 1.29 is 20.1 Å². The molecule has 0 spiro atoms. The molecule has 34 heavy (non-hydrogen) atoms. The summed E-state index contributed by atoms with van der Waals surface area (Å²) >= 11 is 0. The molecular formula is C30H46O4. The summed E-state index contributed by atoms with van der Waals surface area (Å²) in [6, 6.07) is 0. The molecule has 5 aliphatic carbocycles. The van der Waals surface area contributed by atoms with Gasteiger partial charge in [-0.15, -0.1) is 0 Å². The lowest BCUT2D eigenvalue weighted by atomic mass is 9.34. The first kappa shape index (κ1) is 24.6. The summed E-state index contributed by atoms with van der Waals surface area (Å²) in [5.41, 5.74) is 2.80. The van der Waals surface area contributed by atoms with E-state index in [2.05, 4.69) is 47.6 Å². The van der Waals surface area contributed by atoms with Gasteiger partial charge in [-0.3, -0.25) is 4.79 Å². The van der Waals surface area contributed by atoms with Crippen LogP contribution in [0.3, 0.4) is 0 Å². The van der Waals surface area contributed by atoms with E-state index < -0.39 is 22.9 Å². The van der Waals surface area contributed by atoms with Crippen LogP contribution in [-0.4, -0.2) is 34.0 Å². The van der Waals surface area contributed by atoms with E-state index in [9.17, 15) is 20.1 Å². The minimum atomic E-state index is -0.712. The Labute approximate surface area is 205 Å². The Morgan fingerprint density at radius 2 is 1.71 bits per heavy atom. The Balaban J connectivity index is 1.65. The number of carboxylic acids is 1. The molecule has 0 heterocycles. The highest BCUT2D eigenvalue weighted by Gasteiger charge is 2.68. The number of aliphatic hydroxyl groups is 2. The van der Waals surface area contributed by atoms with Gasteiger partial charge in [0.05, 0.1) is 18.1 Å². The number of hydrogen-bond donors (Lipinski definition) is 3. The van der Waals surface area contributed by atoms with Gasteiger partial charge in [-0.25, -0.2) is 0 Å². The molecule has 3 saturated carbocycles. The van der Waals surface area contributed by atoms with Crippen molar-refractivity contribution in [3.8, 4) is 0 Å². The first-order chi connectivity index (χ1) is 15.8. The number of hydrogen-bond acceptors (Lipinski definition) is 3. The van der Waals surface area contributed by atoms with Crippen LogP contribution in [0.25, 0.3) is 0 Å². The van der Waals surface area contributed by atoms with E-state index in [4.69, 9.17) is 0 Å². The number of fused-ring (bicyclic) bond motifs is 7. The molecule has 3 fully saturated rings. The van der Waals surface area contributed by atoms with Crippen LogP contribution < -0.4 is 0 Å². The van der Waals surface area contributed by atoms with Gasteiger partial charge in [-0.1, -0.05) is 46.3 Å². The third-order valence-corrected chi connectivity index (χ3v) is 12.9. The molecule has 4 nitrogen and oxygen atoms in total. The fourth-order valence-electron chi connectivity index (χ4n) is 10.3. The second kappa shape index (κ2) is 7.44. The van der Waals surface area contributed by atoms with Crippen molar-refractivity contribution in [1.82, 2.24) is 0 Å². The molecule has 190 valence electrons. The Morgan fingerprint density at radius 1 is 1.00 bits per heavy atom. The van der Waals surface area contributed by atoms with E-state index in [1.165, 1.54) is 16.7 Å². The minimum absolute atomic E-state index is 0.0395. The largest absolute Gasteiger partial charge is 0.481 e. The first-order valence-electron chi connectivity index (χ1n) is 13.8. The van der Waals surface area contributed by atoms with Crippen LogP contribution in [0.5, 0.6) is 0 Å². The van der Waals surface area contributed by atoms with Crippen molar-refractivity contribution in [2.24, 2.45) is 44.8 Å². The lowest BCUT2D eigenvalue weighted by Gasteiger charge is -2.70.